The third-order valence-corrected chi connectivity index (χ3v) is 3.43. The number of carbonyl (C=O) groups is 1. The molecule has 0 radical (unpaired) electrons. The van der Waals surface area contributed by atoms with E-state index >= 15 is 0 Å². The van der Waals surface area contributed by atoms with E-state index < -0.39 is 17.7 Å². The molecule has 1 aromatic carbocycles. The standard InChI is InChI=1S/C15H16O5/c1-20-15(19)8-7-11(14(17)18)13(16)12(15)9-10-5-3-2-4-6-10/h2-8,12,16,19H,9H2,1H3,(H,17,18). The number of aliphatic hydroxyl groups is 2. The molecule has 106 valence electrons. The van der Waals surface area contributed by atoms with Crippen LogP contribution in [0.5, 0.6) is 0 Å². The maximum absolute atomic E-state index is 11.1. The van der Waals surface area contributed by atoms with Gasteiger partial charge < -0.3 is 20.1 Å². The molecule has 1 aromatic rings. The molecule has 20 heavy (non-hydrogen) atoms. The van der Waals surface area contributed by atoms with Gasteiger partial charge in [-0.2, -0.15) is 0 Å². The molecule has 5 nitrogen and oxygen atoms in total. The van der Waals surface area contributed by atoms with E-state index in [-0.39, 0.29) is 17.8 Å². The average molecular weight is 276 g/mol. The third-order valence-electron chi connectivity index (χ3n) is 3.43. The summed E-state index contributed by atoms with van der Waals surface area (Å²) < 4.78 is 5.04. The Morgan fingerprint density at radius 2 is 2.00 bits per heavy atom. The largest absolute Gasteiger partial charge is 0.511 e. The number of carboxylic acids is 1. The van der Waals surface area contributed by atoms with Gasteiger partial charge >= 0.3 is 5.97 Å². The predicted molar refractivity (Wildman–Crippen MR) is 72.0 cm³/mol. The van der Waals surface area contributed by atoms with Gasteiger partial charge in [0.25, 0.3) is 0 Å². The molecule has 0 aliphatic heterocycles. The van der Waals surface area contributed by atoms with Crippen molar-refractivity contribution in [2.24, 2.45) is 5.92 Å². The Morgan fingerprint density at radius 3 is 2.55 bits per heavy atom. The van der Waals surface area contributed by atoms with Gasteiger partial charge in [-0.15, -0.1) is 0 Å². The predicted octanol–water partition coefficient (Wildman–Crippen LogP) is 1.65. The van der Waals surface area contributed by atoms with Gasteiger partial charge in [-0.25, -0.2) is 4.79 Å². The van der Waals surface area contributed by atoms with E-state index in [9.17, 15) is 15.0 Å². The summed E-state index contributed by atoms with van der Waals surface area (Å²) >= 11 is 0. The topological polar surface area (TPSA) is 87.0 Å². The van der Waals surface area contributed by atoms with Crippen LogP contribution in [0.1, 0.15) is 5.56 Å². The van der Waals surface area contributed by atoms with Gasteiger partial charge in [-0.05, 0) is 24.1 Å². The maximum atomic E-state index is 11.1. The number of aliphatic hydroxyl groups excluding tert-OH is 1. The molecule has 0 heterocycles. The highest BCUT2D eigenvalue weighted by Crippen LogP contribution is 2.35. The molecule has 0 aromatic heterocycles. The van der Waals surface area contributed by atoms with Gasteiger partial charge in [0.2, 0.25) is 0 Å². The Balaban J connectivity index is 2.39. The lowest BCUT2D eigenvalue weighted by Gasteiger charge is -2.34. The minimum atomic E-state index is -1.72. The van der Waals surface area contributed by atoms with E-state index in [1.54, 1.807) is 0 Å². The van der Waals surface area contributed by atoms with Crippen molar-refractivity contribution in [3.05, 3.63) is 59.4 Å². The summed E-state index contributed by atoms with van der Waals surface area (Å²) in [5, 5.41) is 29.6. The van der Waals surface area contributed by atoms with E-state index in [4.69, 9.17) is 9.84 Å². The molecular formula is C15H16O5. The van der Waals surface area contributed by atoms with Gasteiger partial charge in [0.05, 0.1) is 11.5 Å². The van der Waals surface area contributed by atoms with Crippen LogP contribution < -0.4 is 0 Å². The van der Waals surface area contributed by atoms with E-state index in [0.717, 1.165) is 11.6 Å². The molecule has 1 aliphatic rings. The van der Waals surface area contributed by atoms with Crippen LogP contribution in [0.2, 0.25) is 0 Å². The highest BCUT2D eigenvalue weighted by Gasteiger charge is 2.42. The van der Waals surface area contributed by atoms with Crippen molar-refractivity contribution in [2.75, 3.05) is 7.11 Å². The summed E-state index contributed by atoms with van der Waals surface area (Å²) in [5.74, 6) is -4.21. The summed E-state index contributed by atoms with van der Waals surface area (Å²) in [6.07, 6.45) is 2.67. The molecule has 2 atom stereocenters. The fourth-order valence-corrected chi connectivity index (χ4v) is 2.27. The second-order valence-electron chi connectivity index (χ2n) is 4.64. The Bertz CT molecular complexity index is 561. The molecule has 0 fully saturated rings. The molecule has 5 heteroatoms. The van der Waals surface area contributed by atoms with Gasteiger partial charge in [-0.1, -0.05) is 30.3 Å². The van der Waals surface area contributed by atoms with Crippen molar-refractivity contribution in [2.45, 2.75) is 12.2 Å². The average Bonchev–Trinajstić information content (AvgIpc) is 2.44. The van der Waals surface area contributed by atoms with Crippen molar-refractivity contribution in [1.29, 1.82) is 0 Å². The van der Waals surface area contributed by atoms with Crippen LogP contribution in [0.3, 0.4) is 0 Å². The maximum Gasteiger partial charge on any atom is 0.339 e. The summed E-state index contributed by atoms with van der Waals surface area (Å²) in [4.78, 5) is 11.1. The first-order valence-corrected chi connectivity index (χ1v) is 6.15. The molecular weight excluding hydrogens is 260 g/mol. The van der Waals surface area contributed by atoms with E-state index in [0.29, 0.717) is 0 Å². The second-order valence-corrected chi connectivity index (χ2v) is 4.64. The van der Waals surface area contributed by atoms with Crippen molar-refractivity contribution in [3.8, 4) is 0 Å². The van der Waals surface area contributed by atoms with Crippen molar-refractivity contribution >= 4 is 5.97 Å². The second kappa shape index (κ2) is 5.48. The Kier molecular flexibility index (Phi) is 3.92. The lowest BCUT2D eigenvalue weighted by atomic mass is 9.83. The Hall–Kier alpha value is -2.11. The molecule has 0 saturated heterocycles. The minimum absolute atomic E-state index is 0.229. The van der Waals surface area contributed by atoms with Gasteiger partial charge in [0.15, 0.2) is 5.79 Å². The number of rotatable bonds is 4. The van der Waals surface area contributed by atoms with Crippen LogP contribution in [0.15, 0.2) is 53.8 Å². The van der Waals surface area contributed by atoms with Crippen molar-refractivity contribution in [3.63, 3.8) is 0 Å². The number of hydrogen-bond acceptors (Lipinski definition) is 4. The van der Waals surface area contributed by atoms with Crippen LogP contribution in [0.25, 0.3) is 0 Å². The molecule has 0 spiro atoms. The van der Waals surface area contributed by atoms with Crippen LogP contribution in [0, 0.1) is 5.92 Å². The zero-order valence-corrected chi connectivity index (χ0v) is 11.0. The normalized spacial score (nSPS) is 25.8. The van der Waals surface area contributed by atoms with Crippen LogP contribution in [-0.2, 0) is 16.0 Å². The summed E-state index contributed by atoms with van der Waals surface area (Å²) in [6.45, 7) is 0. The molecule has 0 amide bonds. The molecule has 2 unspecified atom stereocenters. The first-order valence-electron chi connectivity index (χ1n) is 6.15. The zero-order valence-electron chi connectivity index (χ0n) is 11.0. The molecule has 0 bridgehead atoms. The van der Waals surface area contributed by atoms with Gasteiger partial charge in [0.1, 0.15) is 5.76 Å². The smallest absolute Gasteiger partial charge is 0.339 e. The third kappa shape index (κ3) is 2.59. The number of benzene rings is 1. The van der Waals surface area contributed by atoms with Crippen LogP contribution in [-0.4, -0.2) is 34.2 Å². The number of hydrogen-bond donors (Lipinski definition) is 3. The first kappa shape index (κ1) is 14.3. The number of ether oxygens (including phenoxy) is 1. The van der Waals surface area contributed by atoms with Crippen LogP contribution >= 0.6 is 0 Å². The van der Waals surface area contributed by atoms with E-state index in [1.165, 1.54) is 13.2 Å². The number of methoxy groups -OCH3 is 1. The lowest BCUT2D eigenvalue weighted by Crippen LogP contribution is -2.43. The summed E-state index contributed by atoms with van der Waals surface area (Å²) in [7, 11) is 1.31. The highest BCUT2D eigenvalue weighted by molar-refractivity contribution is 5.91. The molecule has 1 aliphatic carbocycles. The fourth-order valence-electron chi connectivity index (χ4n) is 2.27. The molecule has 3 N–H and O–H groups in total. The van der Waals surface area contributed by atoms with Crippen molar-refractivity contribution < 1.29 is 24.9 Å². The first-order chi connectivity index (χ1) is 9.48. The summed E-state index contributed by atoms with van der Waals surface area (Å²) in [5.41, 5.74) is 0.632. The van der Waals surface area contributed by atoms with Crippen molar-refractivity contribution in [1.82, 2.24) is 0 Å². The summed E-state index contributed by atoms with van der Waals surface area (Å²) in [6, 6.07) is 9.19. The zero-order chi connectivity index (χ0) is 14.8. The lowest BCUT2D eigenvalue weighted by molar-refractivity contribution is -0.182. The van der Waals surface area contributed by atoms with Gasteiger partial charge in [0, 0.05) is 7.11 Å². The molecule has 0 saturated carbocycles. The Labute approximate surface area is 116 Å². The van der Waals surface area contributed by atoms with E-state index in [2.05, 4.69) is 0 Å². The Morgan fingerprint density at radius 1 is 1.35 bits per heavy atom. The highest BCUT2D eigenvalue weighted by atomic mass is 16.6. The minimum Gasteiger partial charge on any atom is -0.511 e. The monoisotopic (exact) mass is 276 g/mol. The number of carboxylic acid groups (broad SMARTS) is 1. The quantitative estimate of drug-likeness (QED) is 0.728. The SMILES string of the molecule is COC1(O)C=CC(C(=O)O)=C(O)C1Cc1ccccc1. The molecule has 2 rings (SSSR count). The number of aliphatic carboxylic acids is 1. The van der Waals surface area contributed by atoms with E-state index in [1.807, 2.05) is 30.3 Å². The van der Waals surface area contributed by atoms with Gasteiger partial charge in [-0.3, -0.25) is 0 Å². The fraction of sp³-hybridized carbons (Fsp3) is 0.267. The van der Waals surface area contributed by atoms with Crippen LogP contribution in [0.4, 0.5) is 0 Å².